The molecule has 0 bridgehead atoms. The second kappa shape index (κ2) is 4.57. The first-order chi connectivity index (χ1) is 9.25. The number of carbonyl (C=O) groups excluding carboxylic acids is 1. The van der Waals surface area contributed by atoms with Gasteiger partial charge in [0.05, 0.1) is 22.8 Å². The van der Waals surface area contributed by atoms with E-state index >= 15 is 0 Å². The monoisotopic (exact) mass is 252 g/mol. The highest BCUT2D eigenvalue weighted by Crippen LogP contribution is 2.14. The average Bonchev–Trinajstić information content (AvgIpc) is 2.46. The number of fused-ring (bicyclic) bond motifs is 1. The molecule has 92 valence electrons. The standard InChI is InChI=1S/C15H9FN2O/c16-11-6-2-1-5-10(11)15(19)14-9-17-12-7-3-4-8-13(12)18-14/h1-9H. The minimum atomic E-state index is -0.553. The highest BCUT2D eigenvalue weighted by Gasteiger charge is 2.15. The molecule has 4 heteroatoms. The Morgan fingerprint density at radius 2 is 1.63 bits per heavy atom. The van der Waals surface area contributed by atoms with Crippen LogP contribution in [0.1, 0.15) is 16.1 Å². The third kappa shape index (κ3) is 2.08. The molecule has 0 atom stereocenters. The van der Waals surface area contributed by atoms with Crippen molar-refractivity contribution in [1.82, 2.24) is 9.97 Å². The highest BCUT2D eigenvalue weighted by molar-refractivity contribution is 6.08. The number of nitrogens with zero attached hydrogens (tertiary/aromatic N) is 2. The van der Waals surface area contributed by atoms with Crippen LogP contribution in [-0.4, -0.2) is 15.8 Å². The summed E-state index contributed by atoms with van der Waals surface area (Å²) in [6.45, 7) is 0. The molecule has 0 amide bonds. The van der Waals surface area contributed by atoms with Crippen LogP contribution in [0.4, 0.5) is 4.39 Å². The van der Waals surface area contributed by atoms with E-state index in [1.54, 1.807) is 18.2 Å². The van der Waals surface area contributed by atoms with Gasteiger partial charge in [-0.1, -0.05) is 24.3 Å². The Balaban J connectivity index is 2.09. The lowest BCUT2D eigenvalue weighted by atomic mass is 10.1. The maximum Gasteiger partial charge on any atom is 0.215 e. The Bertz CT molecular complexity index is 771. The van der Waals surface area contributed by atoms with E-state index in [9.17, 15) is 9.18 Å². The van der Waals surface area contributed by atoms with E-state index in [1.165, 1.54) is 24.4 Å². The number of hydrogen-bond donors (Lipinski definition) is 0. The number of halogens is 1. The highest BCUT2D eigenvalue weighted by atomic mass is 19.1. The zero-order valence-corrected chi connectivity index (χ0v) is 9.88. The molecule has 0 unspecified atom stereocenters. The summed E-state index contributed by atoms with van der Waals surface area (Å²) in [7, 11) is 0. The Hall–Kier alpha value is -2.62. The minimum Gasteiger partial charge on any atom is -0.287 e. The number of benzene rings is 2. The zero-order valence-electron chi connectivity index (χ0n) is 9.88. The molecule has 1 heterocycles. The predicted octanol–water partition coefficient (Wildman–Crippen LogP) is 3.00. The Morgan fingerprint density at radius 3 is 2.42 bits per heavy atom. The number of hydrogen-bond acceptors (Lipinski definition) is 3. The average molecular weight is 252 g/mol. The van der Waals surface area contributed by atoms with E-state index in [2.05, 4.69) is 9.97 Å². The van der Waals surface area contributed by atoms with Crippen LogP contribution in [0.5, 0.6) is 0 Å². The van der Waals surface area contributed by atoms with Crippen molar-refractivity contribution in [2.24, 2.45) is 0 Å². The van der Waals surface area contributed by atoms with Crippen molar-refractivity contribution in [2.75, 3.05) is 0 Å². The molecule has 19 heavy (non-hydrogen) atoms. The lowest BCUT2D eigenvalue weighted by molar-refractivity contribution is 0.103. The molecule has 2 aromatic carbocycles. The van der Waals surface area contributed by atoms with Gasteiger partial charge in [0.15, 0.2) is 0 Å². The quantitative estimate of drug-likeness (QED) is 0.658. The molecule has 0 saturated heterocycles. The van der Waals surface area contributed by atoms with Gasteiger partial charge in [-0.2, -0.15) is 0 Å². The summed E-state index contributed by atoms with van der Waals surface area (Å²) in [5.41, 5.74) is 1.47. The molecular formula is C15H9FN2O. The maximum atomic E-state index is 13.6. The molecule has 3 aromatic rings. The number of rotatable bonds is 2. The molecular weight excluding hydrogens is 243 g/mol. The molecule has 0 fully saturated rings. The molecule has 0 aliphatic rings. The molecule has 0 N–H and O–H groups in total. The molecule has 0 spiro atoms. The predicted molar refractivity (Wildman–Crippen MR) is 69.4 cm³/mol. The van der Waals surface area contributed by atoms with Crippen LogP contribution in [0, 0.1) is 5.82 Å². The number of aromatic nitrogens is 2. The van der Waals surface area contributed by atoms with Crippen molar-refractivity contribution < 1.29 is 9.18 Å². The van der Waals surface area contributed by atoms with Crippen LogP contribution in [0.2, 0.25) is 0 Å². The lowest BCUT2D eigenvalue weighted by Gasteiger charge is -2.03. The Kier molecular flexibility index (Phi) is 2.76. The van der Waals surface area contributed by atoms with Crippen LogP contribution in [0.25, 0.3) is 11.0 Å². The fourth-order valence-corrected chi connectivity index (χ4v) is 1.85. The molecule has 0 radical (unpaired) electrons. The first kappa shape index (κ1) is 11.5. The van der Waals surface area contributed by atoms with Gasteiger partial charge in [-0.15, -0.1) is 0 Å². The number of ketones is 1. The minimum absolute atomic E-state index is 0.00656. The largest absolute Gasteiger partial charge is 0.287 e. The molecule has 1 aromatic heterocycles. The first-order valence-corrected chi connectivity index (χ1v) is 5.77. The summed E-state index contributed by atoms with van der Waals surface area (Å²) >= 11 is 0. The maximum absolute atomic E-state index is 13.6. The van der Waals surface area contributed by atoms with Crippen molar-refractivity contribution >= 4 is 16.8 Å². The number of para-hydroxylation sites is 2. The smallest absolute Gasteiger partial charge is 0.215 e. The molecule has 0 aliphatic heterocycles. The van der Waals surface area contributed by atoms with Gasteiger partial charge >= 0.3 is 0 Å². The van der Waals surface area contributed by atoms with E-state index in [4.69, 9.17) is 0 Å². The topological polar surface area (TPSA) is 42.9 Å². The molecule has 0 aliphatic carbocycles. The van der Waals surface area contributed by atoms with Crippen molar-refractivity contribution in [2.45, 2.75) is 0 Å². The summed E-state index contributed by atoms with van der Waals surface area (Å²) in [6, 6.07) is 13.1. The van der Waals surface area contributed by atoms with Gasteiger partial charge in [0.1, 0.15) is 11.5 Å². The second-order valence-electron chi connectivity index (χ2n) is 4.05. The van der Waals surface area contributed by atoms with Gasteiger partial charge in [-0.25, -0.2) is 9.37 Å². The van der Waals surface area contributed by atoms with Crippen molar-refractivity contribution in [1.29, 1.82) is 0 Å². The summed E-state index contributed by atoms with van der Waals surface area (Å²) in [5.74, 6) is -1.01. The summed E-state index contributed by atoms with van der Waals surface area (Å²) in [4.78, 5) is 20.5. The fourth-order valence-electron chi connectivity index (χ4n) is 1.85. The van der Waals surface area contributed by atoms with Crippen molar-refractivity contribution in [3.05, 3.63) is 71.8 Å². The van der Waals surface area contributed by atoms with Gasteiger partial charge in [-0.3, -0.25) is 9.78 Å². The summed E-state index contributed by atoms with van der Waals surface area (Å²) in [6.07, 6.45) is 1.37. The van der Waals surface area contributed by atoms with Crippen LogP contribution < -0.4 is 0 Å². The van der Waals surface area contributed by atoms with Crippen LogP contribution >= 0.6 is 0 Å². The van der Waals surface area contributed by atoms with E-state index in [0.717, 1.165) is 0 Å². The van der Waals surface area contributed by atoms with E-state index < -0.39 is 11.6 Å². The summed E-state index contributed by atoms with van der Waals surface area (Å²) in [5, 5.41) is 0. The molecule has 3 nitrogen and oxygen atoms in total. The zero-order chi connectivity index (χ0) is 13.2. The SMILES string of the molecule is O=C(c1cnc2ccccc2n1)c1ccccc1F. The normalized spacial score (nSPS) is 10.6. The van der Waals surface area contributed by atoms with Crippen LogP contribution in [0.15, 0.2) is 54.7 Å². The molecule has 3 rings (SSSR count). The summed E-state index contributed by atoms with van der Waals surface area (Å²) < 4.78 is 13.6. The van der Waals surface area contributed by atoms with Gasteiger partial charge in [0, 0.05) is 0 Å². The first-order valence-electron chi connectivity index (χ1n) is 5.77. The third-order valence-corrected chi connectivity index (χ3v) is 2.80. The van der Waals surface area contributed by atoms with E-state index in [0.29, 0.717) is 11.0 Å². The van der Waals surface area contributed by atoms with Crippen molar-refractivity contribution in [3.63, 3.8) is 0 Å². The Morgan fingerprint density at radius 1 is 0.947 bits per heavy atom. The van der Waals surface area contributed by atoms with Crippen LogP contribution in [0.3, 0.4) is 0 Å². The number of carbonyl (C=O) groups is 1. The fraction of sp³-hybridized carbons (Fsp3) is 0. The van der Waals surface area contributed by atoms with E-state index in [-0.39, 0.29) is 11.3 Å². The Labute approximate surface area is 108 Å². The van der Waals surface area contributed by atoms with Gasteiger partial charge < -0.3 is 0 Å². The third-order valence-electron chi connectivity index (χ3n) is 2.80. The van der Waals surface area contributed by atoms with Gasteiger partial charge in [0.2, 0.25) is 5.78 Å². The molecule has 0 saturated carbocycles. The van der Waals surface area contributed by atoms with Gasteiger partial charge in [0.25, 0.3) is 0 Å². The van der Waals surface area contributed by atoms with E-state index in [1.807, 2.05) is 12.1 Å². The van der Waals surface area contributed by atoms with Crippen molar-refractivity contribution in [3.8, 4) is 0 Å². The second-order valence-corrected chi connectivity index (χ2v) is 4.05. The van der Waals surface area contributed by atoms with Gasteiger partial charge in [-0.05, 0) is 24.3 Å². The lowest BCUT2D eigenvalue weighted by Crippen LogP contribution is -2.07. The van der Waals surface area contributed by atoms with Crippen LogP contribution in [-0.2, 0) is 0 Å².